The van der Waals surface area contributed by atoms with Crippen LogP contribution in [0.2, 0.25) is 0 Å². The second kappa shape index (κ2) is 6.32. The van der Waals surface area contributed by atoms with Crippen LogP contribution in [-0.4, -0.2) is 17.8 Å². The van der Waals surface area contributed by atoms with Crippen molar-refractivity contribution in [2.24, 2.45) is 5.41 Å². The molecule has 0 saturated heterocycles. The number of amides is 1. The van der Waals surface area contributed by atoms with Crippen LogP contribution < -0.4 is 5.32 Å². The van der Waals surface area contributed by atoms with Gasteiger partial charge in [-0.05, 0) is 35.4 Å². The number of benzene rings is 1. The van der Waals surface area contributed by atoms with Gasteiger partial charge in [-0.15, -0.1) is 22.9 Å². The quantitative estimate of drug-likeness (QED) is 0.802. The van der Waals surface area contributed by atoms with Crippen molar-refractivity contribution in [1.82, 2.24) is 5.32 Å². The normalized spacial score (nSPS) is 13.4. The Bertz CT molecular complexity index is 647. The number of carbonyl (C=O) groups is 1. The van der Waals surface area contributed by atoms with Gasteiger partial charge in [-0.2, -0.15) is 0 Å². The van der Waals surface area contributed by atoms with E-state index < -0.39 is 0 Å². The zero-order valence-corrected chi connectivity index (χ0v) is 13.9. The highest BCUT2D eigenvalue weighted by molar-refractivity contribution is 7.20. The fourth-order valence-electron chi connectivity index (χ4n) is 2.18. The number of alkyl halides is 1. The number of nitrogens with one attached hydrogen (secondary N) is 1. The zero-order valence-electron chi connectivity index (χ0n) is 12.4. The van der Waals surface area contributed by atoms with Gasteiger partial charge in [-0.25, -0.2) is 4.39 Å². The molecule has 1 aromatic heterocycles. The minimum Gasteiger partial charge on any atom is -0.348 e. The van der Waals surface area contributed by atoms with Crippen molar-refractivity contribution < 1.29 is 9.18 Å². The van der Waals surface area contributed by atoms with E-state index in [4.69, 9.17) is 11.6 Å². The number of hydrogen-bond donors (Lipinski definition) is 1. The maximum atomic E-state index is 13.2. The second-order valence-corrected chi connectivity index (χ2v) is 7.62. The Hall–Kier alpha value is -1.13. The van der Waals surface area contributed by atoms with Crippen LogP contribution in [-0.2, 0) is 0 Å². The summed E-state index contributed by atoms with van der Waals surface area (Å²) in [4.78, 5) is 13.0. The molecular formula is C16H19ClFNOS. The number of thiophene rings is 1. The average molecular weight is 328 g/mol. The Morgan fingerprint density at radius 2 is 2.10 bits per heavy atom. The molecular weight excluding hydrogens is 309 g/mol. The predicted molar refractivity (Wildman–Crippen MR) is 87.8 cm³/mol. The maximum absolute atomic E-state index is 13.2. The molecule has 0 bridgehead atoms. The Labute approximate surface area is 133 Å². The first-order chi connectivity index (χ1) is 9.81. The molecule has 21 heavy (non-hydrogen) atoms. The molecule has 5 heteroatoms. The number of halogens is 2. The van der Waals surface area contributed by atoms with Crippen LogP contribution in [0.5, 0.6) is 0 Å². The van der Waals surface area contributed by atoms with Gasteiger partial charge in [-0.1, -0.05) is 26.8 Å². The Morgan fingerprint density at radius 3 is 2.71 bits per heavy atom. The third-order valence-corrected chi connectivity index (χ3v) is 4.77. The van der Waals surface area contributed by atoms with Gasteiger partial charge in [0.25, 0.3) is 5.91 Å². The number of carbonyl (C=O) groups excluding carboxylic acids is 1. The van der Waals surface area contributed by atoms with Crippen molar-refractivity contribution in [2.45, 2.75) is 33.2 Å². The van der Waals surface area contributed by atoms with Gasteiger partial charge in [0, 0.05) is 16.6 Å². The maximum Gasteiger partial charge on any atom is 0.261 e. The van der Waals surface area contributed by atoms with Gasteiger partial charge in [-0.3, -0.25) is 4.79 Å². The van der Waals surface area contributed by atoms with Gasteiger partial charge in [0.1, 0.15) is 5.82 Å². The number of fused-ring (bicyclic) bond motifs is 1. The highest BCUT2D eigenvalue weighted by Gasteiger charge is 2.26. The van der Waals surface area contributed by atoms with Crippen LogP contribution in [0.15, 0.2) is 24.3 Å². The summed E-state index contributed by atoms with van der Waals surface area (Å²) in [7, 11) is 0. The lowest BCUT2D eigenvalue weighted by atomic mass is 9.85. The first-order valence-corrected chi connectivity index (χ1v) is 8.22. The summed E-state index contributed by atoms with van der Waals surface area (Å²) in [5.41, 5.74) is -0.0622. The lowest BCUT2D eigenvalue weighted by molar-refractivity contribution is 0.0904. The lowest BCUT2D eigenvalue weighted by Crippen LogP contribution is -2.43. The summed E-state index contributed by atoms with van der Waals surface area (Å²) in [6, 6.07) is 6.36. The largest absolute Gasteiger partial charge is 0.348 e. The number of rotatable bonds is 4. The van der Waals surface area contributed by atoms with E-state index >= 15 is 0 Å². The molecule has 1 atom stereocenters. The molecule has 1 heterocycles. The summed E-state index contributed by atoms with van der Waals surface area (Å²) >= 11 is 7.13. The van der Waals surface area contributed by atoms with Crippen LogP contribution in [0.3, 0.4) is 0 Å². The minimum absolute atomic E-state index is 0.00412. The van der Waals surface area contributed by atoms with Crippen LogP contribution in [0.1, 0.15) is 36.9 Å². The highest BCUT2D eigenvalue weighted by Crippen LogP contribution is 2.28. The minimum atomic E-state index is -0.286. The molecule has 0 aliphatic carbocycles. The van der Waals surface area contributed by atoms with E-state index in [1.165, 1.54) is 23.5 Å². The summed E-state index contributed by atoms with van der Waals surface area (Å²) in [6.07, 6.45) is 0.719. The average Bonchev–Trinajstić information content (AvgIpc) is 2.80. The van der Waals surface area contributed by atoms with E-state index in [9.17, 15) is 9.18 Å². The molecule has 2 nitrogen and oxygen atoms in total. The van der Waals surface area contributed by atoms with Crippen molar-refractivity contribution in [2.75, 3.05) is 5.88 Å². The monoisotopic (exact) mass is 327 g/mol. The van der Waals surface area contributed by atoms with Crippen molar-refractivity contribution in [1.29, 1.82) is 0 Å². The van der Waals surface area contributed by atoms with Crippen molar-refractivity contribution in [3.8, 4) is 0 Å². The molecule has 1 amide bonds. The third-order valence-electron chi connectivity index (χ3n) is 3.45. The Balaban J connectivity index is 2.21. The summed E-state index contributed by atoms with van der Waals surface area (Å²) in [5.74, 6) is 0.0903. The van der Waals surface area contributed by atoms with Gasteiger partial charge < -0.3 is 5.32 Å². The van der Waals surface area contributed by atoms with E-state index in [1.54, 1.807) is 12.1 Å². The molecule has 0 aliphatic heterocycles. The van der Waals surface area contributed by atoms with Gasteiger partial charge in [0.05, 0.1) is 4.88 Å². The Kier molecular flexibility index (Phi) is 4.89. The molecule has 2 aromatic rings. The van der Waals surface area contributed by atoms with E-state index in [0.717, 1.165) is 16.5 Å². The van der Waals surface area contributed by atoms with E-state index in [-0.39, 0.29) is 23.2 Å². The van der Waals surface area contributed by atoms with Crippen molar-refractivity contribution >= 4 is 38.9 Å². The fourth-order valence-corrected chi connectivity index (χ4v) is 3.39. The fraction of sp³-hybridized carbons (Fsp3) is 0.438. The summed E-state index contributed by atoms with van der Waals surface area (Å²) in [6.45, 7) is 6.22. The van der Waals surface area contributed by atoms with Crippen molar-refractivity contribution in [3.05, 3.63) is 35.0 Å². The molecule has 0 aliphatic rings. The van der Waals surface area contributed by atoms with Crippen LogP contribution in [0.25, 0.3) is 10.1 Å². The highest BCUT2D eigenvalue weighted by atomic mass is 35.5. The molecule has 1 aromatic carbocycles. The predicted octanol–water partition coefficient (Wildman–Crippen LogP) is 4.81. The molecule has 1 unspecified atom stereocenters. The topological polar surface area (TPSA) is 29.1 Å². The van der Waals surface area contributed by atoms with Gasteiger partial charge in [0.2, 0.25) is 0 Å². The SMILES string of the molecule is CC(C)(C)C(CCCl)NC(=O)c1cc2ccc(F)cc2s1. The van der Waals surface area contributed by atoms with Crippen LogP contribution in [0, 0.1) is 11.2 Å². The van der Waals surface area contributed by atoms with E-state index in [1.807, 2.05) is 0 Å². The standard InChI is InChI=1S/C16H19ClFNOS/c1-16(2,3)14(6-7-17)19-15(20)13-8-10-4-5-11(18)9-12(10)21-13/h4-5,8-9,14H,6-7H2,1-3H3,(H,19,20). The summed E-state index contributed by atoms with van der Waals surface area (Å²) in [5, 5.41) is 3.93. The third kappa shape index (κ3) is 3.95. The van der Waals surface area contributed by atoms with E-state index in [0.29, 0.717) is 10.8 Å². The number of hydrogen-bond acceptors (Lipinski definition) is 2. The van der Waals surface area contributed by atoms with Crippen LogP contribution >= 0.6 is 22.9 Å². The van der Waals surface area contributed by atoms with E-state index in [2.05, 4.69) is 26.1 Å². The molecule has 0 saturated carbocycles. The molecule has 0 spiro atoms. The second-order valence-electron chi connectivity index (χ2n) is 6.16. The molecule has 114 valence electrons. The molecule has 1 N–H and O–H groups in total. The Morgan fingerprint density at radius 1 is 1.38 bits per heavy atom. The van der Waals surface area contributed by atoms with Gasteiger partial charge >= 0.3 is 0 Å². The lowest BCUT2D eigenvalue weighted by Gasteiger charge is -2.30. The molecule has 0 radical (unpaired) electrons. The van der Waals surface area contributed by atoms with Crippen molar-refractivity contribution in [3.63, 3.8) is 0 Å². The summed E-state index contributed by atoms with van der Waals surface area (Å²) < 4.78 is 14.0. The zero-order chi connectivity index (χ0) is 15.6. The van der Waals surface area contributed by atoms with Gasteiger partial charge in [0.15, 0.2) is 0 Å². The molecule has 2 rings (SSSR count). The first kappa shape index (κ1) is 16.2. The first-order valence-electron chi connectivity index (χ1n) is 6.87. The molecule has 0 fully saturated rings. The smallest absolute Gasteiger partial charge is 0.261 e. The van der Waals surface area contributed by atoms with Crippen LogP contribution in [0.4, 0.5) is 4.39 Å².